The van der Waals surface area contributed by atoms with Crippen LogP contribution in [0.2, 0.25) is 0 Å². The van der Waals surface area contributed by atoms with Gasteiger partial charge in [-0.3, -0.25) is 4.98 Å². The fraction of sp³-hybridized carbons (Fsp3) is 0.688. The maximum Gasteiger partial charge on any atom is 0.115 e. The summed E-state index contributed by atoms with van der Waals surface area (Å²) in [6.45, 7) is 4.42. The van der Waals surface area contributed by atoms with E-state index in [9.17, 15) is 0 Å². The van der Waals surface area contributed by atoms with E-state index in [1.807, 2.05) is 24.4 Å². The van der Waals surface area contributed by atoms with Gasteiger partial charge < -0.3 is 10.5 Å². The van der Waals surface area contributed by atoms with Crippen LogP contribution in [0.15, 0.2) is 24.4 Å². The lowest BCUT2D eigenvalue weighted by atomic mass is 9.88. The number of ether oxygens (including phenoxy) is 1. The van der Waals surface area contributed by atoms with Crippen molar-refractivity contribution in [3.05, 3.63) is 30.1 Å². The van der Waals surface area contributed by atoms with Gasteiger partial charge >= 0.3 is 0 Å². The summed E-state index contributed by atoms with van der Waals surface area (Å²) in [4.78, 5) is 4.43. The minimum atomic E-state index is -0.0681. The highest BCUT2D eigenvalue weighted by Gasteiger charge is 2.27. The molecule has 3 nitrogen and oxygen atoms in total. The Balaban J connectivity index is 2.06. The highest BCUT2D eigenvalue weighted by molar-refractivity contribution is 5.09. The first-order valence-electron chi connectivity index (χ1n) is 7.52. The van der Waals surface area contributed by atoms with Gasteiger partial charge in [0.1, 0.15) is 6.10 Å². The monoisotopic (exact) mass is 262 g/mol. The lowest BCUT2D eigenvalue weighted by Crippen LogP contribution is -2.34. The molecule has 4 unspecified atom stereocenters. The summed E-state index contributed by atoms with van der Waals surface area (Å²) in [5, 5.41) is 0. The molecule has 0 radical (unpaired) electrons. The van der Waals surface area contributed by atoms with Crippen LogP contribution in [0.1, 0.15) is 57.7 Å². The van der Waals surface area contributed by atoms with Crippen molar-refractivity contribution in [1.29, 1.82) is 0 Å². The zero-order valence-corrected chi connectivity index (χ0v) is 12.1. The first-order chi connectivity index (χ1) is 9.20. The Morgan fingerprint density at radius 1 is 1.42 bits per heavy atom. The van der Waals surface area contributed by atoms with Gasteiger partial charge in [-0.05, 0) is 37.3 Å². The van der Waals surface area contributed by atoms with Crippen LogP contribution in [-0.4, -0.2) is 17.1 Å². The van der Waals surface area contributed by atoms with Gasteiger partial charge in [-0.1, -0.05) is 32.8 Å². The third-order valence-electron chi connectivity index (χ3n) is 4.07. The number of rotatable bonds is 5. The Labute approximate surface area is 116 Å². The molecule has 2 rings (SSSR count). The fourth-order valence-electron chi connectivity index (χ4n) is 2.86. The number of nitrogens with two attached hydrogens (primary N) is 1. The zero-order chi connectivity index (χ0) is 13.7. The molecule has 19 heavy (non-hydrogen) atoms. The van der Waals surface area contributed by atoms with Gasteiger partial charge in [0.05, 0.1) is 11.8 Å². The molecule has 1 saturated carbocycles. The summed E-state index contributed by atoms with van der Waals surface area (Å²) >= 11 is 0. The molecule has 106 valence electrons. The van der Waals surface area contributed by atoms with Gasteiger partial charge in [-0.25, -0.2) is 0 Å². The molecule has 1 aromatic rings. The van der Waals surface area contributed by atoms with Crippen LogP contribution in [0.25, 0.3) is 0 Å². The van der Waals surface area contributed by atoms with Crippen LogP contribution in [0.5, 0.6) is 0 Å². The molecule has 0 spiro atoms. The zero-order valence-electron chi connectivity index (χ0n) is 12.1. The maximum absolute atomic E-state index is 6.31. The number of hydrogen-bond acceptors (Lipinski definition) is 3. The van der Waals surface area contributed by atoms with Crippen LogP contribution in [0.3, 0.4) is 0 Å². The summed E-state index contributed by atoms with van der Waals surface area (Å²) < 4.78 is 6.31. The molecular weight excluding hydrogens is 236 g/mol. The lowest BCUT2D eigenvalue weighted by molar-refractivity contribution is -0.0536. The Kier molecular flexibility index (Phi) is 5.34. The molecule has 0 amide bonds. The number of aromatic nitrogens is 1. The molecule has 1 aliphatic carbocycles. The van der Waals surface area contributed by atoms with Crippen molar-refractivity contribution in [2.45, 2.75) is 64.2 Å². The van der Waals surface area contributed by atoms with E-state index in [1.165, 1.54) is 12.8 Å². The molecule has 0 aromatic carbocycles. The summed E-state index contributed by atoms with van der Waals surface area (Å²) in [5.74, 6) is 0.765. The van der Waals surface area contributed by atoms with E-state index >= 15 is 0 Å². The molecule has 1 aromatic heterocycles. The third-order valence-corrected chi connectivity index (χ3v) is 4.07. The number of pyridine rings is 1. The highest BCUT2D eigenvalue weighted by Crippen LogP contribution is 2.31. The standard InChI is InChI=1S/C16H26N2O/c1-3-14(17)16(15-9-4-5-10-18-15)19-13-8-6-7-12(2)11-13/h4-5,9-10,12-14,16H,3,6-8,11,17H2,1-2H3. The Morgan fingerprint density at radius 3 is 2.89 bits per heavy atom. The summed E-state index contributed by atoms with van der Waals surface area (Å²) in [6, 6.07) is 5.98. The van der Waals surface area contributed by atoms with Gasteiger partial charge in [0.15, 0.2) is 0 Å². The molecule has 2 N–H and O–H groups in total. The van der Waals surface area contributed by atoms with Crippen molar-refractivity contribution in [2.24, 2.45) is 11.7 Å². The van der Waals surface area contributed by atoms with Crippen molar-refractivity contribution < 1.29 is 4.74 Å². The lowest BCUT2D eigenvalue weighted by Gasteiger charge is -2.32. The number of hydrogen-bond donors (Lipinski definition) is 1. The van der Waals surface area contributed by atoms with Gasteiger partial charge in [0.25, 0.3) is 0 Å². The normalized spacial score (nSPS) is 26.9. The summed E-state index contributed by atoms with van der Waals surface area (Å²) in [7, 11) is 0. The highest BCUT2D eigenvalue weighted by atomic mass is 16.5. The first-order valence-corrected chi connectivity index (χ1v) is 7.52. The van der Waals surface area contributed by atoms with E-state index < -0.39 is 0 Å². The molecule has 1 heterocycles. The average molecular weight is 262 g/mol. The minimum Gasteiger partial charge on any atom is -0.367 e. The van der Waals surface area contributed by atoms with E-state index in [0.717, 1.165) is 30.9 Å². The maximum atomic E-state index is 6.31. The molecule has 0 bridgehead atoms. The molecule has 0 aliphatic heterocycles. The van der Waals surface area contributed by atoms with Crippen LogP contribution < -0.4 is 5.73 Å². The summed E-state index contributed by atoms with van der Waals surface area (Å²) in [6.07, 6.45) is 7.90. The van der Waals surface area contributed by atoms with Gasteiger partial charge in [-0.15, -0.1) is 0 Å². The quantitative estimate of drug-likeness (QED) is 0.884. The predicted molar refractivity (Wildman–Crippen MR) is 77.7 cm³/mol. The second kappa shape index (κ2) is 7.01. The van der Waals surface area contributed by atoms with Gasteiger partial charge in [0, 0.05) is 12.2 Å². The van der Waals surface area contributed by atoms with Gasteiger partial charge in [-0.2, -0.15) is 0 Å². The minimum absolute atomic E-state index is 0.0205. The fourth-order valence-corrected chi connectivity index (χ4v) is 2.86. The smallest absolute Gasteiger partial charge is 0.115 e. The number of nitrogens with zero attached hydrogens (tertiary/aromatic N) is 1. The molecule has 4 atom stereocenters. The van der Waals surface area contributed by atoms with E-state index in [-0.39, 0.29) is 12.1 Å². The SMILES string of the molecule is CCC(N)C(OC1CCCC(C)C1)c1ccccn1. The van der Waals surface area contributed by atoms with Crippen LogP contribution in [0, 0.1) is 5.92 Å². The van der Waals surface area contributed by atoms with Crippen LogP contribution in [0.4, 0.5) is 0 Å². The van der Waals surface area contributed by atoms with E-state index in [1.54, 1.807) is 0 Å². The second-order valence-electron chi connectivity index (χ2n) is 5.78. The van der Waals surface area contributed by atoms with Crippen molar-refractivity contribution in [1.82, 2.24) is 4.98 Å². The topological polar surface area (TPSA) is 48.1 Å². The second-order valence-corrected chi connectivity index (χ2v) is 5.78. The van der Waals surface area contributed by atoms with Crippen LogP contribution in [-0.2, 0) is 4.74 Å². The molecule has 3 heteroatoms. The Hall–Kier alpha value is -0.930. The molecule has 0 saturated heterocycles. The Morgan fingerprint density at radius 2 is 2.26 bits per heavy atom. The van der Waals surface area contributed by atoms with Crippen molar-refractivity contribution >= 4 is 0 Å². The van der Waals surface area contributed by atoms with Crippen LogP contribution >= 0.6 is 0 Å². The average Bonchev–Trinajstić information content (AvgIpc) is 2.45. The predicted octanol–water partition coefficient (Wildman–Crippen LogP) is 3.46. The molecular formula is C16H26N2O. The van der Waals surface area contributed by atoms with E-state index in [4.69, 9.17) is 10.5 Å². The van der Waals surface area contributed by atoms with Crippen molar-refractivity contribution in [3.63, 3.8) is 0 Å². The van der Waals surface area contributed by atoms with Crippen molar-refractivity contribution in [2.75, 3.05) is 0 Å². The largest absolute Gasteiger partial charge is 0.367 e. The van der Waals surface area contributed by atoms with Gasteiger partial charge in [0.2, 0.25) is 0 Å². The third kappa shape index (κ3) is 4.02. The molecule has 1 fully saturated rings. The summed E-state index contributed by atoms with van der Waals surface area (Å²) in [5.41, 5.74) is 7.20. The van der Waals surface area contributed by atoms with E-state index in [0.29, 0.717) is 6.10 Å². The molecule has 1 aliphatic rings. The first kappa shape index (κ1) is 14.5. The Bertz CT molecular complexity index is 368. The van der Waals surface area contributed by atoms with E-state index in [2.05, 4.69) is 18.8 Å². The van der Waals surface area contributed by atoms with Crippen molar-refractivity contribution in [3.8, 4) is 0 Å².